The van der Waals surface area contributed by atoms with Gasteiger partial charge < -0.3 is 25.6 Å². The molecule has 4 N–H and O–H groups in total. The third-order valence-corrected chi connectivity index (χ3v) is 4.24. The number of Topliss-reactive ketones (excluding diaryl/α,β-unsaturated/α-hetero) is 2. The maximum atomic E-state index is 11.7. The fraction of sp³-hybridized carbons (Fsp3) is 0.105. The second kappa shape index (κ2) is 10.1. The number of aromatic hydroxyl groups is 3. The number of phenols is 3. The highest BCUT2D eigenvalue weighted by Gasteiger charge is 2.29. The van der Waals surface area contributed by atoms with Crippen LogP contribution in [-0.4, -0.2) is 50.4 Å². The van der Waals surface area contributed by atoms with Crippen LogP contribution in [-0.2, 0) is 14.9 Å². The summed E-state index contributed by atoms with van der Waals surface area (Å²) in [7, 11) is -4.40. The van der Waals surface area contributed by atoms with Gasteiger partial charge in [-0.25, -0.2) is 0 Å². The molecule has 0 saturated carbocycles. The van der Waals surface area contributed by atoms with Gasteiger partial charge in [-0.3, -0.25) is 9.35 Å². The Hall–Kier alpha value is -3.79. The van der Waals surface area contributed by atoms with Crippen molar-refractivity contribution in [2.75, 3.05) is 0 Å². The molecule has 1 aliphatic rings. The molecule has 0 bridgehead atoms. The molecule has 2 aromatic rings. The monoisotopic (exact) mass is 434 g/mol. The van der Waals surface area contributed by atoms with Crippen LogP contribution in [0.2, 0.25) is 0 Å². The molecule has 0 saturated heterocycles. The summed E-state index contributed by atoms with van der Waals surface area (Å²) < 4.78 is 31.2. The standard InChI is InChI=1S/C10H6N2O4S.C6H6O3.C3H6O/c11-12-8-5-4-6-7(10(8)13)2-1-3-9(6)17(14,15)16;7-4-2-1-3-5(8)6(4)9;1-3(2)4/h1-5H,(H,14,15,16);1-3,7-9H;1-2H3. The van der Waals surface area contributed by atoms with Crippen molar-refractivity contribution in [1.29, 1.82) is 0 Å². The van der Waals surface area contributed by atoms with E-state index in [1.165, 1.54) is 62.4 Å². The summed E-state index contributed by atoms with van der Waals surface area (Å²) in [4.78, 5) is 23.6. The number of phenolic OH excluding ortho intramolecular Hbond substituents is 3. The topological polar surface area (TPSA) is 186 Å². The van der Waals surface area contributed by atoms with Crippen molar-refractivity contribution in [2.45, 2.75) is 18.7 Å². The van der Waals surface area contributed by atoms with Gasteiger partial charge in [0, 0.05) is 17.2 Å². The molecule has 0 fully saturated rings. The zero-order valence-electron chi connectivity index (χ0n) is 15.8. The first-order chi connectivity index (χ1) is 13.9. The van der Waals surface area contributed by atoms with E-state index < -0.39 is 21.7 Å². The first-order valence-corrected chi connectivity index (χ1v) is 9.56. The number of nitrogens with zero attached hydrogens (tertiary/aromatic N) is 2. The fourth-order valence-corrected chi connectivity index (χ4v) is 2.82. The zero-order valence-corrected chi connectivity index (χ0v) is 16.7. The third kappa shape index (κ3) is 6.38. The van der Waals surface area contributed by atoms with Crippen molar-refractivity contribution in [3.63, 3.8) is 0 Å². The third-order valence-electron chi connectivity index (χ3n) is 3.33. The average molecular weight is 434 g/mol. The number of carbonyl (C=O) groups is 2. The van der Waals surface area contributed by atoms with Crippen molar-refractivity contribution < 1.29 is 42.7 Å². The van der Waals surface area contributed by atoms with Gasteiger partial charge in [0.05, 0.1) is 0 Å². The second-order valence-electron chi connectivity index (χ2n) is 5.89. The number of allylic oxidation sites excluding steroid dienone is 1. The predicted octanol–water partition coefficient (Wildman–Crippen LogP) is 2.21. The summed E-state index contributed by atoms with van der Waals surface area (Å²) in [6.45, 7) is 3.06. The van der Waals surface area contributed by atoms with Gasteiger partial charge in [0.1, 0.15) is 10.7 Å². The van der Waals surface area contributed by atoms with Gasteiger partial charge in [-0.05, 0) is 38.1 Å². The Labute approximate surface area is 171 Å². The molecule has 0 amide bonds. The van der Waals surface area contributed by atoms with Gasteiger partial charge in [-0.15, -0.1) is 0 Å². The summed E-state index contributed by atoms with van der Waals surface area (Å²) in [6, 6.07) is 7.91. The largest absolute Gasteiger partial charge is 0.504 e. The molecule has 1 aliphatic carbocycles. The number of hydrogen-bond acceptors (Lipinski definition) is 7. The lowest BCUT2D eigenvalue weighted by atomic mass is 9.95. The average Bonchev–Trinajstić information content (AvgIpc) is 2.65. The van der Waals surface area contributed by atoms with E-state index in [2.05, 4.69) is 4.79 Å². The number of hydrogen-bond donors (Lipinski definition) is 4. The van der Waals surface area contributed by atoms with Gasteiger partial charge >= 0.3 is 5.71 Å². The van der Waals surface area contributed by atoms with Crippen LogP contribution < -0.4 is 0 Å². The normalized spacial score (nSPS) is 11.8. The highest BCUT2D eigenvalue weighted by molar-refractivity contribution is 7.86. The number of carbonyl (C=O) groups excluding carboxylic acids is 2. The van der Waals surface area contributed by atoms with Crippen LogP contribution in [0.4, 0.5) is 0 Å². The van der Waals surface area contributed by atoms with Crippen molar-refractivity contribution in [2.24, 2.45) is 0 Å². The smallest absolute Gasteiger partial charge is 0.362 e. The summed E-state index contributed by atoms with van der Waals surface area (Å²) >= 11 is 0. The van der Waals surface area contributed by atoms with Crippen molar-refractivity contribution in [1.82, 2.24) is 0 Å². The predicted molar refractivity (Wildman–Crippen MR) is 106 cm³/mol. The van der Waals surface area contributed by atoms with Gasteiger partial charge in [0.15, 0.2) is 17.2 Å². The quantitative estimate of drug-likeness (QED) is 0.228. The maximum Gasteiger partial charge on any atom is 0.362 e. The molecule has 0 aliphatic heterocycles. The van der Waals surface area contributed by atoms with E-state index >= 15 is 0 Å². The number of para-hydroxylation sites is 1. The number of rotatable bonds is 1. The zero-order chi connectivity index (χ0) is 23.1. The molecule has 0 aromatic heterocycles. The Morgan fingerprint density at radius 3 is 1.90 bits per heavy atom. The van der Waals surface area contributed by atoms with E-state index in [1.807, 2.05) is 0 Å². The van der Waals surface area contributed by atoms with E-state index in [0.29, 0.717) is 0 Å². The molecular formula is C19H18N2O8S. The molecule has 11 heteroatoms. The molecule has 30 heavy (non-hydrogen) atoms. The van der Waals surface area contributed by atoms with Crippen LogP contribution in [0.15, 0.2) is 47.4 Å². The summed E-state index contributed by atoms with van der Waals surface area (Å²) in [6.07, 6.45) is 2.48. The molecule has 0 spiro atoms. The van der Waals surface area contributed by atoms with Crippen LogP contribution in [0, 0.1) is 0 Å². The van der Waals surface area contributed by atoms with Crippen LogP contribution in [0.3, 0.4) is 0 Å². The minimum Gasteiger partial charge on any atom is -0.504 e. The Kier molecular flexibility index (Phi) is 8.18. The van der Waals surface area contributed by atoms with Crippen molar-refractivity contribution in [3.8, 4) is 17.2 Å². The van der Waals surface area contributed by atoms with E-state index in [4.69, 9.17) is 25.4 Å². The molecular weight excluding hydrogens is 416 g/mol. The molecule has 3 rings (SSSR count). The first kappa shape index (κ1) is 24.2. The molecule has 158 valence electrons. The Morgan fingerprint density at radius 2 is 1.47 bits per heavy atom. The van der Waals surface area contributed by atoms with Gasteiger partial charge in [-0.1, -0.05) is 18.2 Å². The maximum absolute atomic E-state index is 11.7. The van der Waals surface area contributed by atoms with Gasteiger partial charge in [-0.2, -0.15) is 13.2 Å². The molecule has 0 radical (unpaired) electrons. The molecule has 10 nitrogen and oxygen atoms in total. The highest BCUT2D eigenvalue weighted by Crippen LogP contribution is 2.32. The SMILES string of the molecule is CC(C)=O.Oc1cccc(O)c1O.[N-]=[N+]=C1C=Cc2c(cccc2S(=O)(=O)O)C1=O. The molecule has 0 unspecified atom stereocenters. The molecule has 0 atom stereocenters. The Morgan fingerprint density at radius 1 is 0.967 bits per heavy atom. The molecule has 2 aromatic carbocycles. The number of fused-ring (bicyclic) bond motifs is 1. The highest BCUT2D eigenvalue weighted by atomic mass is 32.2. The lowest BCUT2D eigenvalue weighted by Crippen LogP contribution is -2.19. The Bertz CT molecular complexity index is 1140. The minimum atomic E-state index is -4.40. The first-order valence-electron chi connectivity index (χ1n) is 8.12. The van der Waals surface area contributed by atoms with Crippen LogP contribution in [0.1, 0.15) is 29.8 Å². The minimum absolute atomic E-state index is 0.0652. The van der Waals surface area contributed by atoms with E-state index in [0.717, 1.165) is 0 Å². The summed E-state index contributed by atoms with van der Waals surface area (Å²) in [5, 5.41) is 26.1. The van der Waals surface area contributed by atoms with E-state index in [9.17, 15) is 18.0 Å². The number of benzene rings is 2. The summed E-state index contributed by atoms with van der Waals surface area (Å²) in [5.41, 5.74) is 8.53. The number of ketones is 2. The summed E-state index contributed by atoms with van der Waals surface area (Å²) in [5.74, 6) is -1.53. The van der Waals surface area contributed by atoms with Crippen LogP contribution in [0.5, 0.6) is 17.2 Å². The van der Waals surface area contributed by atoms with Gasteiger partial charge in [0.25, 0.3) is 15.9 Å². The van der Waals surface area contributed by atoms with Gasteiger partial charge in [0.2, 0.25) is 0 Å². The Balaban J connectivity index is 0.000000289. The molecule has 0 heterocycles. The fourth-order valence-electron chi connectivity index (χ4n) is 2.11. The van der Waals surface area contributed by atoms with Crippen molar-refractivity contribution in [3.05, 3.63) is 59.1 Å². The van der Waals surface area contributed by atoms with E-state index in [1.54, 1.807) is 0 Å². The lowest BCUT2D eigenvalue weighted by molar-refractivity contribution is -0.115. The van der Waals surface area contributed by atoms with Crippen LogP contribution >= 0.6 is 0 Å². The second-order valence-corrected chi connectivity index (χ2v) is 7.28. The van der Waals surface area contributed by atoms with E-state index in [-0.39, 0.29) is 39.0 Å². The van der Waals surface area contributed by atoms with Crippen molar-refractivity contribution >= 4 is 33.5 Å². The van der Waals surface area contributed by atoms with Crippen LogP contribution in [0.25, 0.3) is 11.6 Å². The lowest BCUT2D eigenvalue weighted by Gasteiger charge is -2.09.